The molecule has 0 aliphatic heterocycles. The minimum atomic E-state index is 0.234. The van der Waals surface area contributed by atoms with E-state index in [2.05, 4.69) is 0 Å². The van der Waals surface area contributed by atoms with E-state index >= 15 is 0 Å². The van der Waals surface area contributed by atoms with Crippen LogP contribution in [0.15, 0.2) is 65.1 Å². The van der Waals surface area contributed by atoms with Gasteiger partial charge in [-0.1, -0.05) is 72.9 Å². The van der Waals surface area contributed by atoms with Crippen LogP contribution < -0.4 is 11.5 Å². The van der Waals surface area contributed by atoms with Gasteiger partial charge in [0, 0.05) is 11.1 Å². The number of anilines is 1. The van der Waals surface area contributed by atoms with Crippen LogP contribution in [0, 0.1) is 0 Å². The van der Waals surface area contributed by atoms with Gasteiger partial charge in [0.15, 0.2) is 0 Å². The quantitative estimate of drug-likeness (QED) is 0.720. The van der Waals surface area contributed by atoms with Crippen molar-refractivity contribution in [3.8, 4) is 22.5 Å². The number of nitrogens with two attached hydrogens (primary N) is 2. The zero-order chi connectivity index (χ0) is 14.8. The molecule has 3 aromatic rings. The van der Waals surface area contributed by atoms with Crippen LogP contribution in [0.4, 0.5) is 5.88 Å². The van der Waals surface area contributed by atoms with Gasteiger partial charge < -0.3 is 15.9 Å². The molecule has 0 spiro atoms. The third-order valence-corrected chi connectivity index (χ3v) is 3.48. The Kier molecular flexibility index (Phi) is 3.46. The summed E-state index contributed by atoms with van der Waals surface area (Å²) in [5.74, 6) is 0.933. The molecule has 0 aliphatic rings. The summed E-state index contributed by atoms with van der Waals surface area (Å²) in [7, 11) is 0. The lowest BCUT2D eigenvalue weighted by molar-refractivity contribution is 0.603. The van der Waals surface area contributed by atoms with Gasteiger partial charge in [0.25, 0.3) is 0 Å². The van der Waals surface area contributed by atoms with Crippen molar-refractivity contribution in [3.63, 3.8) is 0 Å². The van der Waals surface area contributed by atoms with Crippen LogP contribution in [0.5, 0.6) is 0 Å². The highest BCUT2D eigenvalue weighted by molar-refractivity contribution is 7.80. The minimum absolute atomic E-state index is 0.234. The molecular formula is C17H14N2OS. The fourth-order valence-corrected chi connectivity index (χ4v) is 2.57. The van der Waals surface area contributed by atoms with Crippen molar-refractivity contribution in [1.82, 2.24) is 0 Å². The molecule has 0 saturated heterocycles. The second-order valence-electron chi connectivity index (χ2n) is 4.64. The second kappa shape index (κ2) is 5.42. The summed E-state index contributed by atoms with van der Waals surface area (Å²) in [5, 5.41) is 0. The number of hydrogen-bond acceptors (Lipinski definition) is 3. The molecule has 0 radical (unpaired) electrons. The summed E-state index contributed by atoms with van der Waals surface area (Å²) >= 11 is 5.14. The Labute approximate surface area is 128 Å². The SMILES string of the molecule is NC(=S)c1c(N)oc(-c2ccccc2)c1-c1ccccc1. The smallest absolute Gasteiger partial charge is 0.201 e. The average Bonchev–Trinajstić information content (AvgIpc) is 2.86. The van der Waals surface area contributed by atoms with Crippen LogP contribution in [-0.2, 0) is 0 Å². The van der Waals surface area contributed by atoms with E-state index in [1.54, 1.807) is 0 Å². The summed E-state index contributed by atoms with van der Waals surface area (Å²) < 4.78 is 5.76. The lowest BCUT2D eigenvalue weighted by Gasteiger charge is -2.05. The van der Waals surface area contributed by atoms with Gasteiger partial charge in [-0.2, -0.15) is 0 Å². The zero-order valence-corrected chi connectivity index (χ0v) is 12.1. The molecule has 0 amide bonds. The first-order valence-corrected chi connectivity index (χ1v) is 6.92. The fourth-order valence-electron chi connectivity index (χ4n) is 2.37. The maximum atomic E-state index is 5.98. The molecule has 0 unspecified atom stereocenters. The van der Waals surface area contributed by atoms with Crippen LogP contribution in [0.2, 0.25) is 0 Å². The van der Waals surface area contributed by atoms with Crippen LogP contribution >= 0.6 is 12.2 Å². The number of nitrogen functional groups attached to an aromatic ring is 1. The van der Waals surface area contributed by atoms with Crippen molar-refractivity contribution in [1.29, 1.82) is 0 Å². The lowest BCUT2D eigenvalue weighted by atomic mass is 9.98. The molecule has 3 rings (SSSR count). The van der Waals surface area contributed by atoms with Gasteiger partial charge in [0.1, 0.15) is 10.7 Å². The Morgan fingerprint density at radius 2 is 1.38 bits per heavy atom. The van der Waals surface area contributed by atoms with Crippen LogP contribution in [0.25, 0.3) is 22.5 Å². The molecule has 0 bridgehead atoms. The molecule has 0 atom stereocenters. The highest BCUT2D eigenvalue weighted by Crippen LogP contribution is 2.40. The Morgan fingerprint density at radius 1 is 0.857 bits per heavy atom. The van der Waals surface area contributed by atoms with E-state index in [0.717, 1.165) is 16.7 Å². The molecule has 3 nitrogen and oxygen atoms in total. The Hall–Kier alpha value is -2.59. The number of hydrogen-bond donors (Lipinski definition) is 2. The Morgan fingerprint density at radius 3 is 1.90 bits per heavy atom. The van der Waals surface area contributed by atoms with Crippen molar-refractivity contribution in [2.24, 2.45) is 5.73 Å². The molecule has 2 aromatic carbocycles. The zero-order valence-electron chi connectivity index (χ0n) is 11.2. The van der Waals surface area contributed by atoms with Crippen molar-refractivity contribution >= 4 is 23.1 Å². The van der Waals surface area contributed by atoms with Gasteiger partial charge in [-0.15, -0.1) is 0 Å². The average molecular weight is 294 g/mol. The van der Waals surface area contributed by atoms with Crippen molar-refractivity contribution < 1.29 is 4.42 Å². The molecule has 104 valence electrons. The predicted molar refractivity (Wildman–Crippen MR) is 89.9 cm³/mol. The van der Waals surface area contributed by atoms with E-state index < -0.39 is 0 Å². The monoisotopic (exact) mass is 294 g/mol. The van der Waals surface area contributed by atoms with E-state index in [4.69, 9.17) is 28.1 Å². The van der Waals surface area contributed by atoms with Crippen molar-refractivity contribution in [2.75, 3.05) is 5.73 Å². The Bertz CT molecular complexity index is 779. The first kappa shape index (κ1) is 13.4. The normalized spacial score (nSPS) is 10.5. The fraction of sp³-hybridized carbons (Fsp3) is 0. The standard InChI is InChI=1S/C17H14N2OS/c18-16-14(17(19)21)13(11-7-3-1-4-8-11)15(20-16)12-9-5-2-6-10-12/h1-10H,18H2,(H2,19,21). The molecular weight excluding hydrogens is 280 g/mol. The third-order valence-electron chi connectivity index (χ3n) is 3.28. The van der Waals surface area contributed by atoms with Gasteiger partial charge in [-0.05, 0) is 5.56 Å². The summed E-state index contributed by atoms with van der Waals surface area (Å²) in [6, 6.07) is 19.6. The van der Waals surface area contributed by atoms with E-state index in [0.29, 0.717) is 11.3 Å². The summed E-state index contributed by atoms with van der Waals surface area (Å²) in [6.45, 7) is 0. The predicted octanol–water partition coefficient (Wildman–Crippen LogP) is 3.83. The topological polar surface area (TPSA) is 65.2 Å². The summed E-state index contributed by atoms with van der Waals surface area (Å²) in [4.78, 5) is 0.234. The van der Waals surface area contributed by atoms with E-state index in [-0.39, 0.29) is 10.9 Å². The largest absolute Gasteiger partial charge is 0.440 e. The molecule has 1 heterocycles. The molecule has 4 heteroatoms. The minimum Gasteiger partial charge on any atom is -0.440 e. The van der Waals surface area contributed by atoms with Crippen LogP contribution in [0.3, 0.4) is 0 Å². The van der Waals surface area contributed by atoms with Gasteiger partial charge in [-0.3, -0.25) is 0 Å². The first-order valence-electron chi connectivity index (χ1n) is 6.51. The molecule has 4 N–H and O–H groups in total. The number of thiocarbonyl (C=S) groups is 1. The second-order valence-corrected chi connectivity index (χ2v) is 5.08. The summed E-state index contributed by atoms with van der Waals surface area (Å²) in [5.41, 5.74) is 15.2. The summed E-state index contributed by atoms with van der Waals surface area (Å²) in [6.07, 6.45) is 0. The van der Waals surface area contributed by atoms with Gasteiger partial charge in [0.05, 0.1) is 5.56 Å². The van der Waals surface area contributed by atoms with Gasteiger partial charge in [0.2, 0.25) is 5.88 Å². The third kappa shape index (κ3) is 2.41. The number of rotatable bonds is 3. The maximum Gasteiger partial charge on any atom is 0.201 e. The molecule has 21 heavy (non-hydrogen) atoms. The highest BCUT2D eigenvalue weighted by Gasteiger charge is 2.22. The van der Waals surface area contributed by atoms with Crippen LogP contribution in [0.1, 0.15) is 5.56 Å². The highest BCUT2D eigenvalue weighted by atomic mass is 32.1. The van der Waals surface area contributed by atoms with Gasteiger partial charge in [-0.25, -0.2) is 0 Å². The van der Waals surface area contributed by atoms with Crippen molar-refractivity contribution in [3.05, 3.63) is 66.2 Å². The molecule has 0 fully saturated rings. The molecule has 1 aromatic heterocycles. The number of benzene rings is 2. The van der Waals surface area contributed by atoms with Crippen molar-refractivity contribution in [2.45, 2.75) is 0 Å². The van der Waals surface area contributed by atoms with E-state index in [1.165, 1.54) is 0 Å². The van der Waals surface area contributed by atoms with Crippen LogP contribution in [-0.4, -0.2) is 4.99 Å². The molecule has 0 aliphatic carbocycles. The first-order chi connectivity index (χ1) is 10.2. The Balaban J connectivity index is 2.32. The van der Waals surface area contributed by atoms with E-state index in [9.17, 15) is 0 Å². The van der Waals surface area contributed by atoms with E-state index in [1.807, 2.05) is 60.7 Å². The number of furan rings is 1. The van der Waals surface area contributed by atoms with Gasteiger partial charge >= 0.3 is 0 Å². The lowest BCUT2D eigenvalue weighted by Crippen LogP contribution is -2.11. The molecule has 0 saturated carbocycles. The maximum absolute atomic E-state index is 5.98.